The summed E-state index contributed by atoms with van der Waals surface area (Å²) in [6, 6.07) is 5.88. The van der Waals surface area contributed by atoms with Crippen LogP contribution >= 0.6 is 0 Å². The first-order valence-corrected chi connectivity index (χ1v) is 7.68. The number of hydrogen-bond donors (Lipinski definition) is 0. The van der Waals surface area contributed by atoms with Gasteiger partial charge >= 0.3 is 0 Å². The lowest BCUT2D eigenvalue weighted by Crippen LogP contribution is -2.36. The topological polar surface area (TPSA) is 47.7 Å². The van der Waals surface area contributed by atoms with E-state index in [1.165, 1.54) is 5.56 Å². The van der Waals surface area contributed by atoms with E-state index < -0.39 is 0 Å². The van der Waals surface area contributed by atoms with Crippen molar-refractivity contribution in [2.45, 2.75) is 6.54 Å². The van der Waals surface area contributed by atoms with Crippen LogP contribution in [0, 0.1) is 11.3 Å². The van der Waals surface area contributed by atoms with Crippen LogP contribution in [-0.4, -0.2) is 42.8 Å². The van der Waals surface area contributed by atoms with Gasteiger partial charge in [-0.2, -0.15) is 0 Å². The summed E-state index contributed by atoms with van der Waals surface area (Å²) in [7, 11) is 0. The highest BCUT2D eigenvalue weighted by molar-refractivity contribution is 5.16. The van der Waals surface area contributed by atoms with Crippen LogP contribution in [0.3, 0.4) is 0 Å². The van der Waals surface area contributed by atoms with Crippen LogP contribution in [0.2, 0.25) is 0 Å². The van der Waals surface area contributed by atoms with Crippen LogP contribution in [0.5, 0.6) is 5.75 Å². The molecule has 0 amide bonds. The molecule has 0 spiro atoms. The maximum atomic E-state index is 5.99. The van der Waals surface area contributed by atoms with Crippen molar-refractivity contribution >= 4 is 0 Å². The summed E-state index contributed by atoms with van der Waals surface area (Å²) in [4.78, 5) is 6.58. The van der Waals surface area contributed by atoms with Gasteiger partial charge < -0.3 is 13.9 Å². The van der Waals surface area contributed by atoms with E-state index in [1.807, 2.05) is 24.5 Å². The van der Waals surface area contributed by atoms with Crippen LogP contribution in [0.25, 0.3) is 0 Å². The Labute approximate surface area is 129 Å². The van der Waals surface area contributed by atoms with E-state index in [2.05, 4.69) is 9.88 Å². The second kappa shape index (κ2) is 5.74. The molecule has 0 N–H and O–H groups in total. The molecule has 22 heavy (non-hydrogen) atoms. The van der Waals surface area contributed by atoms with E-state index in [9.17, 15) is 0 Å². The minimum absolute atomic E-state index is 0.0968. The van der Waals surface area contributed by atoms with Crippen molar-refractivity contribution in [1.29, 1.82) is 0 Å². The van der Waals surface area contributed by atoms with Crippen molar-refractivity contribution in [1.82, 2.24) is 9.88 Å². The van der Waals surface area contributed by atoms with Gasteiger partial charge in [0.15, 0.2) is 0 Å². The van der Waals surface area contributed by atoms with Crippen molar-refractivity contribution in [3.05, 3.63) is 48.7 Å². The van der Waals surface area contributed by atoms with Gasteiger partial charge in [-0.15, -0.1) is 0 Å². The molecule has 2 atom stereocenters. The van der Waals surface area contributed by atoms with E-state index >= 15 is 0 Å². The monoisotopic (exact) mass is 300 g/mol. The molecular weight excluding hydrogens is 280 g/mol. The Hall–Kier alpha value is -1.85. The SMILES string of the molecule is c1cncc(OC[C@]23COC[C@H]2CN(Cc2ccoc2)C3)c1. The molecule has 0 aliphatic carbocycles. The first-order chi connectivity index (χ1) is 10.8. The van der Waals surface area contributed by atoms with E-state index in [1.54, 1.807) is 18.7 Å². The summed E-state index contributed by atoms with van der Waals surface area (Å²) < 4.78 is 16.9. The predicted molar refractivity (Wildman–Crippen MR) is 80.5 cm³/mol. The van der Waals surface area contributed by atoms with Crippen molar-refractivity contribution in [3.8, 4) is 5.75 Å². The Morgan fingerprint density at radius 1 is 1.41 bits per heavy atom. The fraction of sp³-hybridized carbons (Fsp3) is 0.471. The lowest BCUT2D eigenvalue weighted by molar-refractivity contribution is 0.0898. The zero-order valence-corrected chi connectivity index (χ0v) is 12.5. The van der Waals surface area contributed by atoms with Crippen molar-refractivity contribution in [2.75, 3.05) is 32.9 Å². The van der Waals surface area contributed by atoms with Crippen molar-refractivity contribution < 1.29 is 13.9 Å². The van der Waals surface area contributed by atoms with Gasteiger partial charge in [-0.1, -0.05) is 0 Å². The highest BCUT2D eigenvalue weighted by atomic mass is 16.5. The molecule has 5 nitrogen and oxygen atoms in total. The third kappa shape index (κ3) is 2.62. The van der Waals surface area contributed by atoms with Crippen molar-refractivity contribution in [2.24, 2.45) is 11.3 Å². The molecular formula is C17H20N2O3. The number of fused-ring (bicyclic) bond motifs is 1. The quantitative estimate of drug-likeness (QED) is 0.847. The Balaban J connectivity index is 1.42. The standard InChI is InChI=1S/C17H20N2O3/c1-2-16(6-18-4-1)22-13-17-11-19(7-14-3-5-20-9-14)8-15(17)10-21-12-17/h1-6,9,15H,7-8,10-13H2/t15-,17+/m1/s1. The summed E-state index contributed by atoms with van der Waals surface area (Å²) >= 11 is 0. The third-order valence-corrected chi connectivity index (χ3v) is 4.74. The molecule has 2 saturated heterocycles. The van der Waals surface area contributed by atoms with Crippen molar-refractivity contribution in [3.63, 3.8) is 0 Å². The first kappa shape index (κ1) is 13.8. The lowest BCUT2D eigenvalue weighted by Gasteiger charge is -2.27. The summed E-state index contributed by atoms with van der Waals surface area (Å²) in [5.41, 5.74) is 1.32. The van der Waals surface area contributed by atoms with Crippen LogP contribution in [0.1, 0.15) is 5.56 Å². The second-order valence-electron chi connectivity index (χ2n) is 6.35. The highest BCUT2D eigenvalue weighted by Crippen LogP contribution is 2.42. The predicted octanol–water partition coefficient (Wildman–Crippen LogP) is 2.20. The van der Waals surface area contributed by atoms with Gasteiger partial charge in [-0.25, -0.2) is 0 Å². The van der Waals surface area contributed by atoms with Gasteiger partial charge in [-0.3, -0.25) is 9.88 Å². The Morgan fingerprint density at radius 3 is 3.23 bits per heavy atom. The molecule has 4 rings (SSSR count). The number of pyridine rings is 1. The van der Waals surface area contributed by atoms with E-state index in [0.717, 1.165) is 38.6 Å². The zero-order valence-electron chi connectivity index (χ0n) is 12.5. The van der Waals surface area contributed by atoms with Gasteiger partial charge in [0, 0.05) is 42.7 Å². The summed E-state index contributed by atoms with van der Waals surface area (Å²) in [5, 5.41) is 0. The van der Waals surface area contributed by atoms with Crippen LogP contribution < -0.4 is 4.74 Å². The van der Waals surface area contributed by atoms with E-state index in [4.69, 9.17) is 13.9 Å². The average Bonchev–Trinajstić information content (AvgIpc) is 3.23. The molecule has 2 aliphatic heterocycles. The summed E-state index contributed by atoms with van der Waals surface area (Å²) in [6.07, 6.45) is 7.08. The summed E-state index contributed by atoms with van der Waals surface area (Å²) in [6.45, 7) is 5.29. The average molecular weight is 300 g/mol. The number of aromatic nitrogens is 1. The molecule has 2 aliphatic rings. The minimum atomic E-state index is 0.0968. The molecule has 0 aromatic carbocycles. The van der Waals surface area contributed by atoms with Gasteiger partial charge in [0.05, 0.1) is 38.5 Å². The Morgan fingerprint density at radius 2 is 2.41 bits per heavy atom. The maximum absolute atomic E-state index is 5.99. The Bertz CT molecular complexity index is 602. The van der Waals surface area contributed by atoms with Crippen LogP contribution in [0.4, 0.5) is 0 Å². The number of nitrogens with zero attached hydrogens (tertiary/aromatic N) is 2. The maximum Gasteiger partial charge on any atom is 0.137 e. The molecule has 116 valence electrons. The molecule has 0 saturated carbocycles. The summed E-state index contributed by atoms with van der Waals surface area (Å²) in [5.74, 6) is 1.37. The molecule has 2 aromatic rings. The molecule has 0 radical (unpaired) electrons. The number of ether oxygens (including phenoxy) is 2. The van der Waals surface area contributed by atoms with Gasteiger partial charge in [0.25, 0.3) is 0 Å². The normalized spacial score (nSPS) is 27.9. The zero-order chi connectivity index (χ0) is 14.8. The first-order valence-electron chi connectivity index (χ1n) is 7.68. The minimum Gasteiger partial charge on any atom is -0.491 e. The molecule has 2 fully saturated rings. The molecule has 0 unspecified atom stereocenters. The number of furan rings is 1. The second-order valence-corrected chi connectivity index (χ2v) is 6.35. The number of likely N-dealkylation sites (tertiary alicyclic amines) is 1. The smallest absolute Gasteiger partial charge is 0.137 e. The highest BCUT2D eigenvalue weighted by Gasteiger charge is 2.51. The fourth-order valence-electron chi connectivity index (χ4n) is 3.57. The molecule has 5 heteroatoms. The molecule has 0 bridgehead atoms. The molecule has 2 aromatic heterocycles. The third-order valence-electron chi connectivity index (χ3n) is 4.74. The van der Waals surface area contributed by atoms with Gasteiger partial charge in [0.1, 0.15) is 5.75 Å². The lowest BCUT2D eigenvalue weighted by atomic mass is 9.82. The van der Waals surface area contributed by atoms with E-state index in [-0.39, 0.29) is 5.41 Å². The van der Waals surface area contributed by atoms with Gasteiger partial charge in [0.2, 0.25) is 0 Å². The van der Waals surface area contributed by atoms with E-state index in [0.29, 0.717) is 12.5 Å². The number of hydrogen-bond acceptors (Lipinski definition) is 5. The Kier molecular flexibility index (Phi) is 3.60. The fourth-order valence-corrected chi connectivity index (χ4v) is 3.57. The molecule has 4 heterocycles. The number of rotatable bonds is 5. The largest absolute Gasteiger partial charge is 0.491 e. The van der Waals surface area contributed by atoms with Crippen LogP contribution in [-0.2, 0) is 11.3 Å². The van der Waals surface area contributed by atoms with Crippen LogP contribution in [0.15, 0.2) is 47.5 Å². The van der Waals surface area contributed by atoms with Gasteiger partial charge in [-0.05, 0) is 18.2 Å².